The van der Waals surface area contributed by atoms with Gasteiger partial charge in [0.1, 0.15) is 0 Å². The van der Waals surface area contributed by atoms with E-state index in [4.69, 9.17) is 9.47 Å². The first-order valence-corrected chi connectivity index (χ1v) is 8.16. The molecule has 19 heavy (non-hydrogen) atoms. The maximum atomic E-state index is 5.89. The molecule has 1 aromatic carbocycles. The first-order valence-electron chi connectivity index (χ1n) is 7.37. The second-order valence-corrected chi connectivity index (χ2v) is 6.28. The summed E-state index contributed by atoms with van der Waals surface area (Å²) in [6.07, 6.45) is 8.47. The molecular formula is C16H21BrO2. The summed E-state index contributed by atoms with van der Waals surface area (Å²) in [5, 5.41) is 0. The summed E-state index contributed by atoms with van der Waals surface area (Å²) in [6.45, 7) is 1.49. The molecule has 1 atom stereocenters. The lowest BCUT2D eigenvalue weighted by atomic mass is 9.90. The van der Waals surface area contributed by atoms with Crippen molar-refractivity contribution in [3.05, 3.63) is 33.3 Å². The monoisotopic (exact) mass is 324 g/mol. The molecule has 1 saturated heterocycles. The van der Waals surface area contributed by atoms with E-state index < -0.39 is 0 Å². The average Bonchev–Trinajstić information content (AvgIpc) is 2.48. The zero-order valence-electron chi connectivity index (χ0n) is 11.3. The van der Waals surface area contributed by atoms with Gasteiger partial charge in [-0.25, -0.2) is 0 Å². The van der Waals surface area contributed by atoms with Crippen LogP contribution >= 0.6 is 15.9 Å². The first kappa shape index (κ1) is 13.6. The lowest BCUT2D eigenvalue weighted by Gasteiger charge is -2.24. The second kappa shape index (κ2) is 6.38. The predicted molar refractivity (Wildman–Crippen MR) is 79.2 cm³/mol. The van der Waals surface area contributed by atoms with Gasteiger partial charge in [0, 0.05) is 11.1 Å². The molecule has 0 bridgehead atoms. The highest BCUT2D eigenvalue weighted by Gasteiger charge is 2.17. The third-order valence-electron chi connectivity index (χ3n) is 4.11. The summed E-state index contributed by atoms with van der Waals surface area (Å²) in [6, 6.07) is 4.48. The van der Waals surface area contributed by atoms with Crippen molar-refractivity contribution in [2.24, 2.45) is 0 Å². The van der Waals surface area contributed by atoms with E-state index in [-0.39, 0.29) is 6.29 Å². The van der Waals surface area contributed by atoms with Gasteiger partial charge >= 0.3 is 0 Å². The third-order valence-corrected chi connectivity index (χ3v) is 5.09. The van der Waals surface area contributed by atoms with Crippen LogP contribution in [0.15, 0.2) is 16.6 Å². The van der Waals surface area contributed by atoms with Crippen LogP contribution in [-0.2, 0) is 28.9 Å². The molecule has 1 heterocycles. The summed E-state index contributed by atoms with van der Waals surface area (Å²) in [5.41, 5.74) is 4.27. The van der Waals surface area contributed by atoms with Crippen LogP contribution in [0.3, 0.4) is 0 Å². The van der Waals surface area contributed by atoms with Gasteiger partial charge in [-0.1, -0.05) is 28.1 Å². The van der Waals surface area contributed by atoms with Crippen molar-refractivity contribution < 1.29 is 9.47 Å². The van der Waals surface area contributed by atoms with Crippen LogP contribution in [-0.4, -0.2) is 12.9 Å². The largest absolute Gasteiger partial charge is 0.353 e. The number of hydrogen-bond acceptors (Lipinski definition) is 2. The van der Waals surface area contributed by atoms with Crippen molar-refractivity contribution in [1.29, 1.82) is 0 Å². The van der Waals surface area contributed by atoms with Gasteiger partial charge in [0.05, 0.1) is 6.61 Å². The molecule has 1 aliphatic carbocycles. The standard InChI is InChI=1S/C16H21BrO2/c17-16-13(11-19-15-7-3-4-10-18-15)9-8-12-5-1-2-6-14(12)16/h8-9,15H,1-7,10-11H2. The second-order valence-electron chi connectivity index (χ2n) is 5.49. The highest BCUT2D eigenvalue weighted by atomic mass is 79.9. The smallest absolute Gasteiger partial charge is 0.158 e. The van der Waals surface area contributed by atoms with E-state index in [1.807, 2.05) is 0 Å². The molecule has 1 aromatic rings. The SMILES string of the molecule is Brc1c(COC2CCCCO2)ccc2c1CCCC2. The fourth-order valence-corrected chi connectivity index (χ4v) is 3.67. The number of ether oxygens (including phenoxy) is 2. The Hall–Kier alpha value is -0.380. The summed E-state index contributed by atoms with van der Waals surface area (Å²) in [5.74, 6) is 0. The zero-order valence-corrected chi connectivity index (χ0v) is 12.9. The minimum absolute atomic E-state index is 0.00307. The minimum Gasteiger partial charge on any atom is -0.353 e. The summed E-state index contributed by atoms with van der Waals surface area (Å²) < 4.78 is 12.8. The van der Waals surface area contributed by atoms with E-state index in [9.17, 15) is 0 Å². The molecule has 0 N–H and O–H groups in total. The molecule has 0 amide bonds. The van der Waals surface area contributed by atoms with Crippen LogP contribution in [0.4, 0.5) is 0 Å². The molecule has 1 unspecified atom stereocenters. The van der Waals surface area contributed by atoms with E-state index in [0.717, 1.165) is 13.0 Å². The van der Waals surface area contributed by atoms with Crippen LogP contribution in [0.5, 0.6) is 0 Å². The molecule has 1 fully saturated rings. The summed E-state index contributed by atoms with van der Waals surface area (Å²) in [4.78, 5) is 0. The van der Waals surface area contributed by atoms with E-state index in [1.54, 1.807) is 0 Å². The Labute approximate surface area is 123 Å². The van der Waals surface area contributed by atoms with Gasteiger partial charge in [0.2, 0.25) is 0 Å². The van der Waals surface area contributed by atoms with Gasteiger partial charge in [-0.2, -0.15) is 0 Å². The molecule has 3 rings (SSSR count). The Bertz CT molecular complexity index is 439. The number of benzene rings is 1. The van der Waals surface area contributed by atoms with Gasteiger partial charge in [-0.05, 0) is 61.6 Å². The zero-order chi connectivity index (χ0) is 13.1. The summed E-state index contributed by atoms with van der Waals surface area (Å²) >= 11 is 3.77. The van der Waals surface area contributed by atoms with Crippen molar-refractivity contribution in [3.63, 3.8) is 0 Å². The van der Waals surface area contributed by atoms with Crippen molar-refractivity contribution in [1.82, 2.24) is 0 Å². The minimum atomic E-state index is -0.00307. The molecule has 0 radical (unpaired) electrons. The number of fused-ring (bicyclic) bond motifs is 1. The third kappa shape index (κ3) is 3.21. The maximum Gasteiger partial charge on any atom is 0.158 e. The number of hydrogen-bond donors (Lipinski definition) is 0. The Morgan fingerprint density at radius 3 is 2.89 bits per heavy atom. The van der Waals surface area contributed by atoms with Crippen LogP contribution in [0.1, 0.15) is 48.8 Å². The predicted octanol–water partition coefficient (Wildman–Crippen LogP) is 4.37. The van der Waals surface area contributed by atoms with Gasteiger partial charge in [0.15, 0.2) is 6.29 Å². The Morgan fingerprint density at radius 1 is 1.16 bits per heavy atom. The Balaban J connectivity index is 1.67. The van der Waals surface area contributed by atoms with E-state index in [0.29, 0.717) is 6.61 Å². The van der Waals surface area contributed by atoms with Crippen LogP contribution in [0.25, 0.3) is 0 Å². The number of aryl methyl sites for hydroxylation is 1. The maximum absolute atomic E-state index is 5.89. The van der Waals surface area contributed by atoms with E-state index >= 15 is 0 Å². The molecule has 3 heteroatoms. The molecule has 0 spiro atoms. The Kier molecular flexibility index (Phi) is 4.57. The van der Waals surface area contributed by atoms with Crippen molar-refractivity contribution >= 4 is 15.9 Å². The normalized spacial score (nSPS) is 23.1. The van der Waals surface area contributed by atoms with Crippen LogP contribution < -0.4 is 0 Å². The first-order chi connectivity index (χ1) is 9.34. The van der Waals surface area contributed by atoms with Gasteiger partial charge < -0.3 is 9.47 Å². The fourth-order valence-electron chi connectivity index (χ4n) is 2.97. The summed E-state index contributed by atoms with van der Waals surface area (Å²) in [7, 11) is 0. The fraction of sp³-hybridized carbons (Fsp3) is 0.625. The molecular weight excluding hydrogens is 304 g/mol. The Morgan fingerprint density at radius 2 is 2.05 bits per heavy atom. The van der Waals surface area contributed by atoms with Crippen molar-refractivity contribution in [2.75, 3.05) is 6.61 Å². The number of rotatable bonds is 3. The highest BCUT2D eigenvalue weighted by Crippen LogP contribution is 2.31. The lowest BCUT2D eigenvalue weighted by Crippen LogP contribution is -2.22. The van der Waals surface area contributed by atoms with Gasteiger partial charge in [-0.15, -0.1) is 0 Å². The molecule has 2 aliphatic rings. The van der Waals surface area contributed by atoms with E-state index in [1.165, 1.54) is 59.7 Å². The molecule has 1 aliphatic heterocycles. The lowest BCUT2D eigenvalue weighted by molar-refractivity contribution is -0.169. The highest BCUT2D eigenvalue weighted by molar-refractivity contribution is 9.10. The molecule has 0 aromatic heterocycles. The molecule has 0 saturated carbocycles. The van der Waals surface area contributed by atoms with Gasteiger partial charge in [-0.3, -0.25) is 0 Å². The average molecular weight is 325 g/mol. The molecule has 2 nitrogen and oxygen atoms in total. The van der Waals surface area contributed by atoms with E-state index in [2.05, 4.69) is 28.1 Å². The van der Waals surface area contributed by atoms with Crippen molar-refractivity contribution in [3.8, 4) is 0 Å². The van der Waals surface area contributed by atoms with Crippen LogP contribution in [0.2, 0.25) is 0 Å². The van der Waals surface area contributed by atoms with Crippen LogP contribution in [0, 0.1) is 0 Å². The van der Waals surface area contributed by atoms with Gasteiger partial charge in [0.25, 0.3) is 0 Å². The van der Waals surface area contributed by atoms with Crippen molar-refractivity contribution in [2.45, 2.75) is 57.8 Å². The number of halogens is 1. The molecule has 104 valence electrons. The topological polar surface area (TPSA) is 18.5 Å². The quantitative estimate of drug-likeness (QED) is 0.821.